The number of nitrogens with two attached hydrogens (primary N) is 1. The molecule has 0 bridgehead atoms. The fraction of sp³-hybridized carbons (Fsp3) is 0.444. The average molecular weight is 432 g/mol. The summed E-state index contributed by atoms with van der Waals surface area (Å²) in [6.07, 6.45) is 3.80. The van der Waals surface area contributed by atoms with Crippen LogP contribution in [0.25, 0.3) is 10.6 Å². The fourth-order valence-electron chi connectivity index (χ4n) is 3.21. The molecule has 0 spiro atoms. The van der Waals surface area contributed by atoms with Crippen molar-refractivity contribution in [1.82, 2.24) is 10.3 Å². The molecule has 1 aliphatic heterocycles. The molecule has 2 aromatic rings. The van der Waals surface area contributed by atoms with Crippen LogP contribution in [0.2, 0.25) is 0 Å². The smallest absolute Gasteiger partial charge is 0.270 e. The van der Waals surface area contributed by atoms with Gasteiger partial charge in [0.25, 0.3) is 5.91 Å². The summed E-state index contributed by atoms with van der Waals surface area (Å²) in [5, 5.41) is 5.68. The molecule has 0 unspecified atom stereocenters. The number of rotatable bonds is 3. The normalized spacial score (nSPS) is 20.8. The number of hydrogen-bond donors (Lipinski definition) is 2. The van der Waals surface area contributed by atoms with Gasteiger partial charge in [-0.1, -0.05) is 0 Å². The van der Waals surface area contributed by atoms with Crippen LogP contribution < -0.4 is 20.5 Å². The van der Waals surface area contributed by atoms with Crippen molar-refractivity contribution in [2.75, 3.05) is 13.2 Å². The number of halogens is 2. The summed E-state index contributed by atoms with van der Waals surface area (Å²) in [4.78, 5) is 16.9. The number of fused-ring (bicyclic) bond motifs is 1. The van der Waals surface area contributed by atoms with E-state index in [0.29, 0.717) is 18.9 Å². The molecule has 1 aromatic heterocycles. The molecule has 4 rings (SSSR count). The van der Waals surface area contributed by atoms with Gasteiger partial charge >= 0.3 is 0 Å². The number of hydrogen-bond acceptors (Lipinski definition) is 6. The van der Waals surface area contributed by atoms with E-state index < -0.39 is 0 Å². The number of amides is 1. The third kappa shape index (κ3) is 5.04. The molecule has 3 N–H and O–H groups in total. The third-order valence-electron chi connectivity index (χ3n) is 4.63. The summed E-state index contributed by atoms with van der Waals surface area (Å²) in [7, 11) is 0. The van der Waals surface area contributed by atoms with Crippen molar-refractivity contribution in [2.45, 2.75) is 37.8 Å². The van der Waals surface area contributed by atoms with E-state index >= 15 is 0 Å². The molecule has 9 heteroatoms. The van der Waals surface area contributed by atoms with Gasteiger partial charge in [0, 0.05) is 23.0 Å². The Balaban J connectivity index is 0.00000131. The number of thiazole rings is 1. The van der Waals surface area contributed by atoms with Crippen LogP contribution in [-0.2, 0) is 0 Å². The van der Waals surface area contributed by atoms with Gasteiger partial charge in [0.2, 0.25) is 0 Å². The van der Waals surface area contributed by atoms with E-state index in [0.717, 1.165) is 47.8 Å². The van der Waals surface area contributed by atoms with E-state index in [1.54, 1.807) is 5.38 Å². The van der Waals surface area contributed by atoms with Crippen LogP contribution in [0.4, 0.5) is 0 Å². The fourth-order valence-corrected chi connectivity index (χ4v) is 4.01. The Morgan fingerprint density at radius 1 is 1.11 bits per heavy atom. The van der Waals surface area contributed by atoms with Gasteiger partial charge in [-0.3, -0.25) is 4.79 Å². The predicted octanol–water partition coefficient (Wildman–Crippen LogP) is 3.42. The third-order valence-corrected chi connectivity index (χ3v) is 5.52. The molecule has 148 valence electrons. The Morgan fingerprint density at radius 2 is 1.81 bits per heavy atom. The van der Waals surface area contributed by atoms with E-state index in [4.69, 9.17) is 15.2 Å². The molecule has 1 fully saturated rings. The van der Waals surface area contributed by atoms with Crippen molar-refractivity contribution in [3.05, 3.63) is 29.3 Å². The van der Waals surface area contributed by atoms with Gasteiger partial charge in [-0.25, -0.2) is 4.98 Å². The van der Waals surface area contributed by atoms with Crippen LogP contribution in [-0.4, -0.2) is 36.2 Å². The average Bonchev–Trinajstić information content (AvgIpc) is 3.13. The van der Waals surface area contributed by atoms with E-state index in [-0.39, 0.29) is 42.8 Å². The molecule has 1 aliphatic carbocycles. The molecule has 0 saturated heterocycles. The molecule has 0 radical (unpaired) electrons. The summed E-state index contributed by atoms with van der Waals surface area (Å²) in [6.45, 7) is 1.12. The maximum absolute atomic E-state index is 12.4. The van der Waals surface area contributed by atoms with Gasteiger partial charge in [-0.2, -0.15) is 0 Å². The van der Waals surface area contributed by atoms with Crippen LogP contribution in [0.5, 0.6) is 11.5 Å². The van der Waals surface area contributed by atoms with Crippen molar-refractivity contribution < 1.29 is 14.3 Å². The van der Waals surface area contributed by atoms with Crippen molar-refractivity contribution in [1.29, 1.82) is 0 Å². The number of ether oxygens (including phenoxy) is 2. The SMILES string of the molecule is Cl.Cl.NC1CCC(NC(=O)c2csc(-c3ccc4c(c3)OCCO4)n2)CC1. The van der Waals surface area contributed by atoms with E-state index in [1.165, 1.54) is 11.3 Å². The first kappa shape index (κ1) is 21.8. The molecule has 2 aliphatic rings. The number of nitrogens with one attached hydrogen (secondary N) is 1. The Morgan fingerprint density at radius 3 is 2.56 bits per heavy atom. The maximum Gasteiger partial charge on any atom is 0.270 e. The van der Waals surface area contributed by atoms with Gasteiger partial charge in [0.15, 0.2) is 11.5 Å². The Hall–Kier alpha value is -1.54. The molecular weight excluding hydrogens is 409 g/mol. The van der Waals surface area contributed by atoms with Crippen molar-refractivity contribution >= 4 is 42.1 Å². The van der Waals surface area contributed by atoms with Gasteiger partial charge in [-0.15, -0.1) is 36.2 Å². The Kier molecular flexibility index (Phi) is 7.73. The van der Waals surface area contributed by atoms with Gasteiger partial charge < -0.3 is 20.5 Å². The Bertz CT molecular complexity index is 779. The second-order valence-electron chi connectivity index (χ2n) is 6.48. The van der Waals surface area contributed by atoms with Gasteiger partial charge in [0.1, 0.15) is 23.9 Å². The molecule has 6 nitrogen and oxygen atoms in total. The minimum atomic E-state index is -0.111. The number of nitrogens with zero attached hydrogens (tertiary/aromatic N) is 1. The molecule has 27 heavy (non-hydrogen) atoms. The molecule has 0 atom stereocenters. The summed E-state index contributed by atoms with van der Waals surface area (Å²) in [6, 6.07) is 6.21. The topological polar surface area (TPSA) is 86.5 Å². The quantitative estimate of drug-likeness (QED) is 0.776. The zero-order valence-electron chi connectivity index (χ0n) is 14.7. The zero-order valence-corrected chi connectivity index (χ0v) is 17.1. The Labute approximate surface area is 174 Å². The zero-order chi connectivity index (χ0) is 17.2. The van der Waals surface area contributed by atoms with E-state index in [2.05, 4.69) is 10.3 Å². The predicted molar refractivity (Wildman–Crippen MR) is 111 cm³/mol. The first-order chi connectivity index (χ1) is 12.2. The lowest BCUT2D eigenvalue weighted by molar-refractivity contribution is 0.0921. The largest absolute Gasteiger partial charge is 0.486 e. The van der Waals surface area contributed by atoms with Crippen molar-refractivity contribution in [2.24, 2.45) is 5.73 Å². The number of carbonyl (C=O) groups excluding carboxylic acids is 1. The van der Waals surface area contributed by atoms with Crippen LogP contribution in [0.1, 0.15) is 36.2 Å². The highest BCUT2D eigenvalue weighted by Gasteiger charge is 2.22. The molecule has 1 saturated carbocycles. The number of aromatic nitrogens is 1. The summed E-state index contributed by atoms with van der Waals surface area (Å²) in [5.41, 5.74) is 7.30. The standard InChI is InChI=1S/C18H21N3O3S.2ClH/c19-12-2-4-13(5-3-12)20-17(22)14-10-25-18(21-14)11-1-6-15-16(9-11)24-8-7-23-15;;/h1,6,9-10,12-13H,2-5,7-8,19H2,(H,20,22);2*1H. The molecule has 1 aromatic carbocycles. The summed E-state index contributed by atoms with van der Waals surface area (Å²) < 4.78 is 11.1. The molecule has 1 amide bonds. The van der Waals surface area contributed by atoms with Crippen LogP contribution in [0, 0.1) is 0 Å². The van der Waals surface area contributed by atoms with E-state index in [9.17, 15) is 4.79 Å². The first-order valence-corrected chi connectivity index (χ1v) is 9.49. The molecule has 2 heterocycles. The second kappa shape index (κ2) is 9.59. The van der Waals surface area contributed by atoms with Crippen LogP contribution in [0.15, 0.2) is 23.6 Å². The number of benzene rings is 1. The highest BCUT2D eigenvalue weighted by Crippen LogP contribution is 2.35. The monoisotopic (exact) mass is 431 g/mol. The lowest BCUT2D eigenvalue weighted by Gasteiger charge is -2.26. The van der Waals surface area contributed by atoms with Crippen molar-refractivity contribution in [3.8, 4) is 22.1 Å². The molecular formula is C18H23Cl2N3O3S. The summed E-state index contributed by atoms with van der Waals surface area (Å²) in [5.74, 6) is 1.36. The lowest BCUT2D eigenvalue weighted by Crippen LogP contribution is -2.40. The highest BCUT2D eigenvalue weighted by atomic mass is 35.5. The number of carbonyl (C=O) groups is 1. The highest BCUT2D eigenvalue weighted by molar-refractivity contribution is 7.13. The van der Waals surface area contributed by atoms with Crippen LogP contribution in [0.3, 0.4) is 0 Å². The first-order valence-electron chi connectivity index (χ1n) is 8.61. The maximum atomic E-state index is 12.4. The second-order valence-corrected chi connectivity index (χ2v) is 7.34. The lowest BCUT2D eigenvalue weighted by atomic mass is 9.92. The van der Waals surface area contributed by atoms with E-state index in [1.807, 2.05) is 18.2 Å². The van der Waals surface area contributed by atoms with Crippen molar-refractivity contribution in [3.63, 3.8) is 0 Å². The van der Waals surface area contributed by atoms with Crippen LogP contribution >= 0.6 is 36.2 Å². The minimum absolute atomic E-state index is 0. The van der Waals surface area contributed by atoms with Gasteiger partial charge in [0.05, 0.1) is 0 Å². The minimum Gasteiger partial charge on any atom is -0.486 e. The summed E-state index contributed by atoms with van der Waals surface area (Å²) >= 11 is 1.46. The van der Waals surface area contributed by atoms with Gasteiger partial charge in [-0.05, 0) is 43.9 Å².